The molecule has 0 aromatic heterocycles. The molecule has 0 N–H and O–H groups in total. The Balaban J connectivity index is 2.25. The average molecular weight is 389 g/mol. The van der Waals surface area contributed by atoms with Gasteiger partial charge in [-0.3, -0.25) is 0 Å². The zero-order valence-electron chi connectivity index (χ0n) is 12.7. The van der Waals surface area contributed by atoms with Crippen LogP contribution >= 0.6 is 15.9 Å². The number of benzene rings is 2. The van der Waals surface area contributed by atoms with Crippen LogP contribution in [-0.2, 0) is 11.3 Å². The lowest BCUT2D eigenvalue weighted by molar-refractivity contribution is 0.105. The number of unbranched alkanes of at least 4 members (excludes halogenated alkanes) is 2. The molecule has 124 valence electrons. The zero-order chi connectivity index (χ0) is 17.0. The highest BCUT2D eigenvalue weighted by Crippen LogP contribution is 2.39. The summed E-state index contributed by atoms with van der Waals surface area (Å²) in [5, 5.41) is 0. The first-order valence-electron chi connectivity index (χ1n) is 7.48. The van der Waals surface area contributed by atoms with Crippen molar-refractivity contribution in [1.29, 1.82) is 0 Å². The van der Waals surface area contributed by atoms with Gasteiger partial charge >= 0.3 is 4.83 Å². The highest BCUT2D eigenvalue weighted by molar-refractivity contribution is 9.09. The van der Waals surface area contributed by atoms with Crippen LogP contribution < -0.4 is 0 Å². The molecule has 0 radical (unpaired) electrons. The van der Waals surface area contributed by atoms with Crippen molar-refractivity contribution < 1.29 is 17.6 Å². The first-order chi connectivity index (χ1) is 10.8. The molecule has 0 aliphatic rings. The van der Waals surface area contributed by atoms with E-state index in [0.29, 0.717) is 5.56 Å². The van der Waals surface area contributed by atoms with Gasteiger partial charge in [-0.2, -0.15) is 8.78 Å². The third-order valence-electron chi connectivity index (χ3n) is 3.68. The molecule has 0 saturated carbocycles. The molecule has 0 fully saturated rings. The van der Waals surface area contributed by atoms with Crippen molar-refractivity contribution in [2.24, 2.45) is 0 Å². The molecule has 2 aromatic rings. The van der Waals surface area contributed by atoms with E-state index in [-0.39, 0.29) is 5.56 Å². The molecular weight excluding hydrogens is 372 g/mol. The molecule has 0 saturated heterocycles. The highest BCUT2D eigenvalue weighted by atomic mass is 79.9. The second kappa shape index (κ2) is 7.47. The number of hydrogen-bond donors (Lipinski definition) is 0. The molecule has 5 heteroatoms. The van der Waals surface area contributed by atoms with Gasteiger partial charge in [0, 0.05) is 0 Å². The maximum Gasteiger partial charge on any atom is 0.332 e. The third kappa shape index (κ3) is 4.56. The Labute approximate surface area is 141 Å². The molecule has 23 heavy (non-hydrogen) atoms. The van der Waals surface area contributed by atoms with Crippen LogP contribution in [-0.4, -0.2) is 0 Å². The van der Waals surface area contributed by atoms with Crippen molar-refractivity contribution in [1.82, 2.24) is 0 Å². The molecular formula is C18H17BrF4. The van der Waals surface area contributed by atoms with Gasteiger partial charge in [-0.05, 0) is 57.6 Å². The summed E-state index contributed by atoms with van der Waals surface area (Å²) >= 11 is 2.00. The standard InChI is InChI=1S/C18H17BrF4/c1-2-3-4-5-12-6-8-13(9-7-12)14-10-15(20)17(16(21)11-14)18(19,22)23/h6-11H,2-5H2,1H3. The van der Waals surface area contributed by atoms with Crippen LogP contribution in [0.5, 0.6) is 0 Å². The molecule has 2 rings (SSSR count). The van der Waals surface area contributed by atoms with E-state index >= 15 is 0 Å². The Kier molecular flexibility index (Phi) is 5.84. The van der Waals surface area contributed by atoms with Crippen LogP contribution in [0, 0.1) is 11.6 Å². The summed E-state index contributed by atoms with van der Waals surface area (Å²) in [6.45, 7) is 2.13. The molecule has 0 aliphatic heterocycles. The number of aryl methyl sites for hydroxylation is 1. The molecule has 0 aliphatic carbocycles. The van der Waals surface area contributed by atoms with Crippen LogP contribution in [0.2, 0.25) is 0 Å². The van der Waals surface area contributed by atoms with E-state index in [1.54, 1.807) is 12.1 Å². The minimum Gasteiger partial charge on any atom is -0.206 e. The Morgan fingerprint density at radius 2 is 1.48 bits per heavy atom. The van der Waals surface area contributed by atoms with Crippen LogP contribution in [0.4, 0.5) is 17.6 Å². The van der Waals surface area contributed by atoms with Gasteiger partial charge in [0.2, 0.25) is 0 Å². The lowest BCUT2D eigenvalue weighted by Crippen LogP contribution is -2.09. The zero-order valence-corrected chi connectivity index (χ0v) is 14.3. The molecule has 0 spiro atoms. The van der Waals surface area contributed by atoms with E-state index in [9.17, 15) is 17.6 Å². The minimum absolute atomic E-state index is 0.237. The molecule has 2 aromatic carbocycles. The lowest BCUT2D eigenvalue weighted by atomic mass is 10.00. The summed E-state index contributed by atoms with van der Waals surface area (Å²) < 4.78 is 53.9. The first kappa shape index (κ1) is 18.0. The van der Waals surface area contributed by atoms with Gasteiger partial charge in [-0.15, -0.1) is 0 Å². The van der Waals surface area contributed by atoms with Gasteiger partial charge in [-0.25, -0.2) is 8.78 Å². The molecule has 0 atom stereocenters. The quantitative estimate of drug-likeness (QED) is 0.289. The number of alkyl halides is 3. The van der Waals surface area contributed by atoms with Gasteiger partial charge in [0.1, 0.15) is 17.2 Å². The van der Waals surface area contributed by atoms with E-state index in [1.807, 2.05) is 28.1 Å². The fourth-order valence-electron chi connectivity index (χ4n) is 2.45. The highest BCUT2D eigenvalue weighted by Gasteiger charge is 2.34. The van der Waals surface area contributed by atoms with E-state index in [2.05, 4.69) is 6.92 Å². The van der Waals surface area contributed by atoms with E-state index in [4.69, 9.17) is 0 Å². The summed E-state index contributed by atoms with van der Waals surface area (Å²) in [6.07, 6.45) is 4.33. The SMILES string of the molecule is CCCCCc1ccc(-c2cc(F)c(C(F)(F)Br)c(F)c2)cc1. The third-order valence-corrected chi connectivity index (χ3v) is 4.08. The Hall–Kier alpha value is -1.36. The minimum atomic E-state index is -3.73. The number of halogens is 5. The number of hydrogen-bond acceptors (Lipinski definition) is 0. The van der Waals surface area contributed by atoms with Gasteiger partial charge in [0.25, 0.3) is 0 Å². The van der Waals surface area contributed by atoms with E-state index < -0.39 is 22.0 Å². The van der Waals surface area contributed by atoms with Crippen molar-refractivity contribution in [3.05, 3.63) is 59.2 Å². The normalized spacial score (nSPS) is 11.7. The summed E-state index contributed by atoms with van der Waals surface area (Å²) in [5.74, 6) is -2.54. The fourth-order valence-corrected chi connectivity index (χ4v) is 2.83. The van der Waals surface area contributed by atoms with Gasteiger partial charge in [0.15, 0.2) is 0 Å². The average Bonchev–Trinajstić information content (AvgIpc) is 2.46. The molecule has 0 bridgehead atoms. The maximum atomic E-state index is 13.8. The largest absolute Gasteiger partial charge is 0.332 e. The van der Waals surface area contributed by atoms with Crippen LogP contribution in [0.1, 0.15) is 37.3 Å². The van der Waals surface area contributed by atoms with Crippen molar-refractivity contribution in [3.63, 3.8) is 0 Å². The Morgan fingerprint density at radius 1 is 0.913 bits per heavy atom. The van der Waals surface area contributed by atoms with Crippen molar-refractivity contribution in [2.75, 3.05) is 0 Å². The summed E-state index contributed by atoms with van der Waals surface area (Å²) in [6, 6.07) is 9.16. The van der Waals surface area contributed by atoms with Crippen LogP contribution in [0.15, 0.2) is 36.4 Å². The molecule has 0 unspecified atom stereocenters. The molecule has 0 nitrogen and oxygen atoms in total. The van der Waals surface area contributed by atoms with Crippen molar-refractivity contribution >= 4 is 15.9 Å². The topological polar surface area (TPSA) is 0 Å². The van der Waals surface area contributed by atoms with Crippen molar-refractivity contribution in [3.8, 4) is 11.1 Å². The summed E-state index contributed by atoms with van der Waals surface area (Å²) in [5.41, 5.74) is 0.705. The predicted octanol–water partition coefficient (Wildman–Crippen LogP) is 6.81. The Bertz CT molecular complexity index is 637. The first-order valence-corrected chi connectivity index (χ1v) is 8.27. The lowest BCUT2D eigenvalue weighted by Gasteiger charge is -2.13. The monoisotopic (exact) mass is 388 g/mol. The molecule has 0 amide bonds. The van der Waals surface area contributed by atoms with Gasteiger partial charge in [0.05, 0.1) is 0 Å². The second-order valence-corrected chi connectivity index (χ2v) is 6.46. The second-order valence-electron chi connectivity index (χ2n) is 5.47. The maximum absolute atomic E-state index is 13.8. The van der Waals surface area contributed by atoms with E-state index in [1.165, 1.54) is 0 Å². The van der Waals surface area contributed by atoms with E-state index in [0.717, 1.165) is 43.4 Å². The number of rotatable bonds is 6. The van der Waals surface area contributed by atoms with Gasteiger partial charge in [-0.1, -0.05) is 44.0 Å². The Morgan fingerprint density at radius 3 is 1.96 bits per heavy atom. The van der Waals surface area contributed by atoms with Crippen LogP contribution in [0.25, 0.3) is 11.1 Å². The predicted molar refractivity (Wildman–Crippen MR) is 87.8 cm³/mol. The summed E-state index contributed by atoms with van der Waals surface area (Å²) in [7, 11) is 0. The summed E-state index contributed by atoms with van der Waals surface area (Å²) in [4.78, 5) is -3.73. The smallest absolute Gasteiger partial charge is 0.206 e. The van der Waals surface area contributed by atoms with Gasteiger partial charge < -0.3 is 0 Å². The van der Waals surface area contributed by atoms with Crippen molar-refractivity contribution in [2.45, 2.75) is 37.4 Å². The van der Waals surface area contributed by atoms with Crippen LogP contribution in [0.3, 0.4) is 0 Å². The molecule has 0 heterocycles. The fraction of sp³-hybridized carbons (Fsp3) is 0.333.